The molecule has 0 saturated carbocycles. The van der Waals surface area contributed by atoms with Crippen molar-refractivity contribution in [1.29, 1.82) is 0 Å². The summed E-state index contributed by atoms with van der Waals surface area (Å²) in [7, 11) is 0. The molecule has 0 radical (unpaired) electrons. The SMILES string of the molecule is OC(c1cccc2ccccc12)C(F)(Cl)C(F)(F)F. The Kier molecular flexibility index (Phi) is 3.45. The van der Waals surface area contributed by atoms with Crippen LogP contribution >= 0.6 is 11.6 Å². The van der Waals surface area contributed by atoms with Gasteiger partial charge in [0.05, 0.1) is 0 Å². The number of halogens is 5. The summed E-state index contributed by atoms with van der Waals surface area (Å²) in [5, 5.41) is 6.34. The first-order valence-electron chi connectivity index (χ1n) is 5.35. The summed E-state index contributed by atoms with van der Waals surface area (Å²) in [5.74, 6) is 0. The van der Waals surface area contributed by atoms with Gasteiger partial charge in [-0.3, -0.25) is 0 Å². The maximum absolute atomic E-state index is 13.6. The van der Waals surface area contributed by atoms with Gasteiger partial charge in [0.1, 0.15) is 6.10 Å². The molecule has 0 fully saturated rings. The van der Waals surface area contributed by atoms with E-state index in [1.165, 1.54) is 18.2 Å². The van der Waals surface area contributed by atoms with Crippen LogP contribution in [0.5, 0.6) is 0 Å². The summed E-state index contributed by atoms with van der Waals surface area (Å²) in [6, 6.07) is 10.7. The van der Waals surface area contributed by atoms with Crippen molar-refractivity contribution >= 4 is 22.4 Å². The Hall–Kier alpha value is -1.33. The molecule has 0 aliphatic heterocycles. The highest BCUT2D eigenvalue weighted by Gasteiger charge is 2.60. The molecule has 0 bridgehead atoms. The minimum atomic E-state index is -5.37. The van der Waals surface area contributed by atoms with E-state index in [2.05, 4.69) is 0 Å². The van der Waals surface area contributed by atoms with Crippen LogP contribution in [0.25, 0.3) is 10.8 Å². The average molecular weight is 293 g/mol. The zero-order valence-corrected chi connectivity index (χ0v) is 10.2. The van der Waals surface area contributed by atoms with E-state index < -0.39 is 17.4 Å². The number of hydrogen-bond donors (Lipinski definition) is 1. The number of fused-ring (bicyclic) bond motifs is 1. The van der Waals surface area contributed by atoms with Crippen molar-refractivity contribution in [2.24, 2.45) is 0 Å². The summed E-state index contributed by atoms with van der Waals surface area (Å²) in [6.07, 6.45) is -7.87. The Bertz CT molecular complexity index is 589. The van der Waals surface area contributed by atoms with E-state index >= 15 is 0 Å². The maximum atomic E-state index is 13.6. The van der Waals surface area contributed by atoms with Crippen molar-refractivity contribution in [1.82, 2.24) is 0 Å². The monoisotopic (exact) mass is 292 g/mol. The lowest BCUT2D eigenvalue weighted by Crippen LogP contribution is -2.41. The Labute approximate surface area is 111 Å². The quantitative estimate of drug-likeness (QED) is 0.645. The molecule has 0 heterocycles. The third kappa shape index (κ3) is 2.40. The maximum Gasteiger partial charge on any atom is 0.439 e. The first-order chi connectivity index (χ1) is 8.75. The van der Waals surface area contributed by atoms with E-state index in [1.54, 1.807) is 24.3 Å². The molecule has 2 rings (SSSR count). The van der Waals surface area contributed by atoms with Gasteiger partial charge in [0, 0.05) is 0 Å². The van der Waals surface area contributed by atoms with E-state index in [0.717, 1.165) is 0 Å². The normalized spacial score (nSPS) is 17.2. The Morgan fingerprint density at radius 2 is 1.53 bits per heavy atom. The lowest BCUT2D eigenvalue weighted by molar-refractivity contribution is -0.226. The van der Waals surface area contributed by atoms with Crippen LogP contribution < -0.4 is 0 Å². The zero-order chi connectivity index (χ0) is 14.3. The molecular weight excluding hydrogens is 284 g/mol. The molecule has 2 aromatic rings. The smallest absolute Gasteiger partial charge is 0.383 e. The largest absolute Gasteiger partial charge is 0.439 e. The van der Waals surface area contributed by atoms with E-state index in [1.807, 2.05) is 0 Å². The fourth-order valence-electron chi connectivity index (χ4n) is 1.84. The summed E-state index contributed by atoms with van der Waals surface area (Å²) in [5.41, 5.74) is -0.201. The number of aliphatic hydroxyl groups excluding tert-OH is 1. The van der Waals surface area contributed by atoms with Gasteiger partial charge in [-0.05, 0) is 16.3 Å². The molecule has 19 heavy (non-hydrogen) atoms. The number of benzene rings is 2. The standard InChI is InChI=1S/C13H9ClF4O/c14-12(15,13(16,17)18)11(19)10-7-3-5-8-4-1-2-6-9(8)10/h1-7,11,19H. The van der Waals surface area contributed by atoms with Crippen molar-refractivity contribution in [3.8, 4) is 0 Å². The second kappa shape index (κ2) is 4.65. The molecule has 0 aliphatic carbocycles. The van der Waals surface area contributed by atoms with Gasteiger partial charge in [-0.25, -0.2) is 4.39 Å². The molecule has 1 N–H and O–H groups in total. The Morgan fingerprint density at radius 3 is 2.16 bits per heavy atom. The highest BCUT2D eigenvalue weighted by atomic mass is 35.5. The molecule has 0 amide bonds. The summed E-state index contributed by atoms with van der Waals surface area (Å²) in [4.78, 5) is 0. The number of rotatable bonds is 2. The summed E-state index contributed by atoms with van der Waals surface area (Å²) >= 11 is 4.86. The lowest BCUT2D eigenvalue weighted by atomic mass is 9.97. The van der Waals surface area contributed by atoms with Crippen molar-refractivity contribution in [2.75, 3.05) is 0 Å². The van der Waals surface area contributed by atoms with Crippen LogP contribution in [0.15, 0.2) is 42.5 Å². The van der Waals surface area contributed by atoms with E-state index in [4.69, 9.17) is 11.6 Å². The zero-order valence-electron chi connectivity index (χ0n) is 9.46. The molecule has 0 saturated heterocycles. The number of hydrogen-bond acceptors (Lipinski definition) is 1. The van der Waals surface area contributed by atoms with Crippen LogP contribution in [0.2, 0.25) is 0 Å². The topological polar surface area (TPSA) is 20.2 Å². The second-order valence-electron chi connectivity index (χ2n) is 4.09. The molecule has 0 aromatic heterocycles. The Morgan fingerprint density at radius 1 is 0.947 bits per heavy atom. The molecule has 1 nitrogen and oxygen atoms in total. The molecule has 102 valence electrons. The van der Waals surface area contributed by atoms with Crippen molar-refractivity contribution < 1.29 is 22.7 Å². The molecule has 2 atom stereocenters. The fourth-order valence-corrected chi connectivity index (χ4v) is 1.96. The molecule has 2 unspecified atom stereocenters. The molecule has 0 spiro atoms. The van der Waals surface area contributed by atoms with Gasteiger partial charge >= 0.3 is 11.3 Å². The van der Waals surface area contributed by atoms with E-state index in [-0.39, 0.29) is 5.56 Å². The van der Waals surface area contributed by atoms with Crippen LogP contribution in [0.1, 0.15) is 11.7 Å². The summed E-state index contributed by atoms with van der Waals surface area (Å²) < 4.78 is 51.1. The van der Waals surface area contributed by atoms with Crippen LogP contribution in [-0.4, -0.2) is 16.4 Å². The van der Waals surface area contributed by atoms with Gasteiger partial charge < -0.3 is 5.11 Å². The van der Waals surface area contributed by atoms with Gasteiger partial charge in [0.25, 0.3) is 0 Å². The van der Waals surface area contributed by atoms with Crippen molar-refractivity contribution in [2.45, 2.75) is 17.4 Å². The third-order valence-electron chi connectivity index (χ3n) is 2.84. The van der Waals surface area contributed by atoms with Gasteiger partial charge in [-0.15, -0.1) is 0 Å². The van der Waals surface area contributed by atoms with Crippen LogP contribution in [0.3, 0.4) is 0 Å². The van der Waals surface area contributed by atoms with Crippen LogP contribution in [-0.2, 0) is 0 Å². The molecular formula is C13H9ClF4O. The summed E-state index contributed by atoms with van der Waals surface area (Å²) in [6.45, 7) is 0. The van der Waals surface area contributed by atoms with Crippen molar-refractivity contribution in [3.05, 3.63) is 48.0 Å². The fraction of sp³-hybridized carbons (Fsp3) is 0.231. The highest BCUT2D eigenvalue weighted by molar-refractivity contribution is 6.24. The number of alkyl halides is 5. The van der Waals surface area contributed by atoms with Crippen molar-refractivity contribution in [3.63, 3.8) is 0 Å². The van der Waals surface area contributed by atoms with Gasteiger partial charge in [-0.2, -0.15) is 13.2 Å². The van der Waals surface area contributed by atoms with Crippen LogP contribution in [0.4, 0.5) is 17.6 Å². The predicted molar refractivity (Wildman–Crippen MR) is 64.7 cm³/mol. The van der Waals surface area contributed by atoms with Gasteiger partial charge in [0.15, 0.2) is 0 Å². The third-order valence-corrected chi connectivity index (χ3v) is 3.26. The van der Waals surface area contributed by atoms with E-state index in [9.17, 15) is 22.7 Å². The molecule has 2 aromatic carbocycles. The van der Waals surface area contributed by atoms with Crippen LogP contribution in [0, 0.1) is 0 Å². The first-order valence-corrected chi connectivity index (χ1v) is 5.73. The van der Waals surface area contributed by atoms with E-state index in [0.29, 0.717) is 10.8 Å². The molecule has 0 aliphatic rings. The minimum absolute atomic E-state index is 0.201. The predicted octanol–water partition coefficient (Wildman–Crippen LogP) is 4.34. The molecule has 6 heteroatoms. The second-order valence-corrected chi connectivity index (χ2v) is 4.64. The Balaban J connectivity index is 2.56. The minimum Gasteiger partial charge on any atom is -0.383 e. The first kappa shape index (κ1) is 14.1. The van der Waals surface area contributed by atoms with Gasteiger partial charge in [-0.1, -0.05) is 54.1 Å². The average Bonchev–Trinajstić information content (AvgIpc) is 2.36. The van der Waals surface area contributed by atoms with Gasteiger partial charge in [0.2, 0.25) is 0 Å². The number of aliphatic hydroxyl groups is 1. The highest BCUT2D eigenvalue weighted by Crippen LogP contribution is 2.47. The lowest BCUT2D eigenvalue weighted by Gasteiger charge is -2.27.